The average molecular weight is 470 g/mol. The van der Waals surface area contributed by atoms with E-state index in [1.807, 2.05) is 36.4 Å². The maximum absolute atomic E-state index is 5.95. The molecule has 0 bridgehead atoms. The normalized spacial score (nSPS) is 10.7. The van der Waals surface area contributed by atoms with Gasteiger partial charge in [-0.25, -0.2) is 0 Å². The number of ether oxygens (including phenoxy) is 2. The molecule has 0 aromatic heterocycles. The lowest BCUT2D eigenvalue weighted by Crippen LogP contribution is -2.24. The third-order valence-corrected chi connectivity index (χ3v) is 3.79. The van der Waals surface area contributed by atoms with Crippen molar-refractivity contribution in [2.45, 2.75) is 6.42 Å². The number of nitrogens with one attached hydrogen (secondary N) is 1. The SMILES string of the molecule is COc1ccc(NC(N)=NCCCN(C)c2ccccc2)cc1OC.I. The molecular formula is C19H27IN4O2. The van der Waals surface area contributed by atoms with Gasteiger partial charge in [-0.3, -0.25) is 4.99 Å². The van der Waals surface area contributed by atoms with Crippen LogP contribution in [-0.4, -0.2) is 40.3 Å². The van der Waals surface area contributed by atoms with Gasteiger partial charge in [0.25, 0.3) is 0 Å². The summed E-state index contributed by atoms with van der Waals surface area (Å²) >= 11 is 0. The number of hydrogen-bond acceptors (Lipinski definition) is 4. The molecule has 0 amide bonds. The minimum atomic E-state index is 0. The first-order valence-corrected chi connectivity index (χ1v) is 8.19. The summed E-state index contributed by atoms with van der Waals surface area (Å²) in [5.41, 5.74) is 7.95. The average Bonchev–Trinajstić information content (AvgIpc) is 2.65. The molecule has 6 nitrogen and oxygen atoms in total. The van der Waals surface area contributed by atoms with Crippen LogP contribution in [0.1, 0.15) is 6.42 Å². The van der Waals surface area contributed by atoms with Crippen LogP contribution < -0.4 is 25.4 Å². The van der Waals surface area contributed by atoms with Gasteiger partial charge in [-0.05, 0) is 30.7 Å². The molecule has 0 aliphatic carbocycles. The van der Waals surface area contributed by atoms with E-state index in [-0.39, 0.29) is 24.0 Å². The summed E-state index contributed by atoms with van der Waals surface area (Å²) in [4.78, 5) is 6.57. The maximum atomic E-state index is 5.95. The lowest BCUT2D eigenvalue weighted by molar-refractivity contribution is 0.355. The summed E-state index contributed by atoms with van der Waals surface area (Å²) < 4.78 is 10.5. The van der Waals surface area contributed by atoms with Crippen LogP contribution in [0.4, 0.5) is 11.4 Å². The Balaban J connectivity index is 0.00000338. The summed E-state index contributed by atoms with van der Waals surface area (Å²) in [6.45, 7) is 1.57. The van der Waals surface area contributed by atoms with E-state index in [9.17, 15) is 0 Å². The van der Waals surface area contributed by atoms with Crippen LogP contribution in [0.3, 0.4) is 0 Å². The predicted molar refractivity (Wildman–Crippen MR) is 119 cm³/mol. The number of hydrogen-bond donors (Lipinski definition) is 2. The summed E-state index contributed by atoms with van der Waals surface area (Å²) in [5, 5.41) is 3.07. The lowest BCUT2D eigenvalue weighted by Gasteiger charge is -2.18. The first-order valence-electron chi connectivity index (χ1n) is 8.19. The van der Waals surface area contributed by atoms with Gasteiger partial charge in [0.1, 0.15) is 0 Å². The van der Waals surface area contributed by atoms with Crippen LogP contribution in [0.5, 0.6) is 11.5 Å². The first kappa shape index (κ1) is 21.9. The van der Waals surface area contributed by atoms with Gasteiger partial charge < -0.3 is 25.4 Å². The van der Waals surface area contributed by atoms with Gasteiger partial charge in [0, 0.05) is 37.6 Å². The smallest absolute Gasteiger partial charge is 0.193 e. The van der Waals surface area contributed by atoms with Gasteiger partial charge in [0.15, 0.2) is 17.5 Å². The number of rotatable bonds is 8. The van der Waals surface area contributed by atoms with Crippen molar-refractivity contribution in [3.63, 3.8) is 0 Å². The Morgan fingerprint density at radius 3 is 2.42 bits per heavy atom. The molecule has 0 aliphatic heterocycles. The molecule has 2 rings (SSSR count). The Labute approximate surface area is 172 Å². The highest BCUT2D eigenvalue weighted by molar-refractivity contribution is 14.0. The van der Waals surface area contributed by atoms with Crippen molar-refractivity contribution in [3.05, 3.63) is 48.5 Å². The van der Waals surface area contributed by atoms with Gasteiger partial charge >= 0.3 is 0 Å². The molecule has 0 spiro atoms. The number of aliphatic imine (C=N–C) groups is 1. The Hall–Kier alpha value is -2.16. The highest BCUT2D eigenvalue weighted by atomic mass is 127. The van der Waals surface area contributed by atoms with Crippen molar-refractivity contribution in [1.29, 1.82) is 0 Å². The van der Waals surface area contributed by atoms with E-state index in [2.05, 4.69) is 34.4 Å². The molecule has 0 saturated heterocycles. The van der Waals surface area contributed by atoms with Gasteiger partial charge in [0.05, 0.1) is 14.2 Å². The van der Waals surface area contributed by atoms with Crippen LogP contribution in [-0.2, 0) is 0 Å². The maximum Gasteiger partial charge on any atom is 0.193 e. The second-order valence-electron chi connectivity index (χ2n) is 5.57. The minimum absolute atomic E-state index is 0. The fraction of sp³-hybridized carbons (Fsp3) is 0.316. The molecule has 0 saturated carbocycles. The number of halogens is 1. The molecular weight excluding hydrogens is 443 g/mol. The molecule has 142 valence electrons. The summed E-state index contributed by atoms with van der Waals surface area (Å²) in [5.74, 6) is 1.70. The lowest BCUT2D eigenvalue weighted by atomic mass is 10.2. The van der Waals surface area contributed by atoms with E-state index in [4.69, 9.17) is 15.2 Å². The Morgan fingerprint density at radius 2 is 1.77 bits per heavy atom. The molecule has 2 aromatic rings. The van der Waals surface area contributed by atoms with E-state index < -0.39 is 0 Å². The number of methoxy groups -OCH3 is 2. The van der Waals surface area contributed by atoms with Crippen LogP contribution in [0.15, 0.2) is 53.5 Å². The number of anilines is 2. The largest absolute Gasteiger partial charge is 0.493 e. The summed E-state index contributed by atoms with van der Waals surface area (Å²) in [6.07, 6.45) is 0.916. The zero-order valence-corrected chi connectivity index (χ0v) is 17.8. The van der Waals surface area contributed by atoms with Crippen molar-refractivity contribution in [3.8, 4) is 11.5 Å². The fourth-order valence-corrected chi connectivity index (χ4v) is 2.42. The van der Waals surface area contributed by atoms with Gasteiger partial charge in [-0.1, -0.05) is 18.2 Å². The minimum Gasteiger partial charge on any atom is -0.493 e. The number of benzene rings is 2. The van der Waals surface area contributed by atoms with Crippen LogP contribution in [0.2, 0.25) is 0 Å². The number of para-hydroxylation sites is 1. The van der Waals surface area contributed by atoms with E-state index in [1.165, 1.54) is 5.69 Å². The Morgan fingerprint density at radius 1 is 1.08 bits per heavy atom. The zero-order valence-electron chi connectivity index (χ0n) is 15.4. The van der Waals surface area contributed by atoms with Crippen LogP contribution in [0, 0.1) is 0 Å². The standard InChI is InChI=1S/C19H26N4O2.HI/c1-23(16-8-5-4-6-9-16)13-7-12-21-19(20)22-15-10-11-17(24-2)18(14-15)25-3;/h4-6,8-11,14H,7,12-13H2,1-3H3,(H3,20,21,22);1H. The predicted octanol–water partition coefficient (Wildman–Crippen LogP) is 3.57. The summed E-state index contributed by atoms with van der Waals surface area (Å²) in [7, 11) is 5.28. The molecule has 26 heavy (non-hydrogen) atoms. The van der Waals surface area contributed by atoms with Crippen molar-refractivity contribution >= 4 is 41.3 Å². The topological polar surface area (TPSA) is 72.1 Å². The quantitative estimate of drug-likeness (QED) is 0.267. The number of nitrogens with two attached hydrogens (primary N) is 1. The van der Waals surface area contributed by atoms with E-state index in [0.29, 0.717) is 24.0 Å². The second kappa shape index (κ2) is 11.5. The number of nitrogens with zero attached hydrogens (tertiary/aromatic N) is 2. The molecule has 0 fully saturated rings. The molecule has 0 heterocycles. The molecule has 0 unspecified atom stereocenters. The third-order valence-electron chi connectivity index (χ3n) is 3.79. The van der Waals surface area contributed by atoms with Crippen LogP contribution >= 0.6 is 24.0 Å². The van der Waals surface area contributed by atoms with Gasteiger partial charge in [0.2, 0.25) is 0 Å². The Kier molecular flexibility index (Phi) is 9.64. The van der Waals surface area contributed by atoms with Crippen molar-refractivity contribution in [2.75, 3.05) is 44.6 Å². The molecule has 3 N–H and O–H groups in total. The number of guanidine groups is 1. The highest BCUT2D eigenvalue weighted by Gasteiger charge is 2.05. The van der Waals surface area contributed by atoms with Gasteiger partial charge in [-0.2, -0.15) is 0 Å². The monoisotopic (exact) mass is 470 g/mol. The van der Waals surface area contributed by atoms with Crippen LogP contribution in [0.25, 0.3) is 0 Å². The molecule has 2 aromatic carbocycles. The molecule has 7 heteroatoms. The van der Waals surface area contributed by atoms with Crippen molar-refractivity contribution < 1.29 is 9.47 Å². The Bertz CT molecular complexity index is 695. The highest BCUT2D eigenvalue weighted by Crippen LogP contribution is 2.29. The first-order chi connectivity index (χ1) is 12.1. The summed E-state index contributed by atoms with van der Waals surface area (Å²) in [6, 6.07) is 15.8. The second-order valence-corrected chi connectivity index (χ2v) is 5.57. The van der Waals surface area contributed by atoms with E-state index in [1.54, 1.807) is 14.2 Å². The molecule has 0 atom stereocenters. The fourth-order valence-electron chi connectivity index (χ4n) is 2.42. The van der Waals surface area contributed by atoms with Crippen molar-refractivity contribution in [2.24, 2.45) is 10.7 Å². The van der Waals surface area contributed by atoms with Crippen molar-refractivity contribution in [1.82, 2.24) is 0 Å². The third kappa shape index (κ3) is 6.62. The van der Waals surface area contributed by atoms with E-state index in [0.717, 1.165) is 18.7 Å². The van der Waals surface area contributed by atoms with E-state index >= 15 is 0 Å². The molecule has 0 aliphatic rings. The van der Waals surface area contributed by atoms with Gasteiger partial charge in [-0.15, -0.1) is 24.0 Å². The zero-order chi connectivity index (χ0) is 18.1. The molecule has 0 radical (unpaired) electrons.